The van der Waals surface area contributed by atoms with Crippen LogP contribution in [0.1, 0.15) is 5.56 Å². The van der Waals surface area contributed by atoms with Crippen molar-refractivity contribution in [2.45, 2.75) is 6.18 Å². The molecule has 0 aliphatic carbocycles. The summed E-state index contributed by atoms with van der Waals surface area (Å²) in [6.45, 7) is 0. The molecule has 0 amide bonds. The average Bonchev–Trinajstić information content (AvgIpc) is 2.95. The molecule has 0 bridgehead atoms. The van der Waals surface area contributed by atoms with Gasteiger partial charge >= 0.3 is 6.18 Å². The van der Waals surface area contributed by atoms with E-state index in [-0.39, 0.29) is 0 Å². The second-order valence-corrected chi connectivity index (χ2v) is 4.76. The SMILES string of the molecule is FC(F)(F)c1cc(Br)c2nc(-c3ccn[nH]3)[nH]c2c1. The largest absolute Gasteiger partial charge is 0.416 e. The maximum absolute atomic E-state index is 12.7. The van der Waals surface area contributed by atoms with Crippen molar-refractivity contribution in [1.29, 1.82) is 0 Å². The first-order valence-corrected chi connectivity index (χ1v) is 6.00. The van der Waals surface area contributed by atoms with E-state index in [0.717, 1.165) is 12.1 Å². The molecule has 0 unspecified atom stereocenters. The van der Waals surface area contributed by atoms with Crippen LogP contribution in [0.15, 0.2) is 28.9 Å². The van der Waals surface area contributed by atoms with Crippen LogP contribution >= 0.6 is 15.9 Å². The molecule has 0 spiro atoms. The van der Waals surface area contributed by atoms with Crippen LogP contribution in [0.5, 0.6) is 0 Å². The first-order valence-electron chi connectivity index (χ1n) is 5.21. The molecule has 3 rings (SSSR count). The lowest BCUT2D eigenvalue weighted by Crippen LogP contribution is -2.04. The number of aromatic nitrogens is 4. The Labute approximate surface area is 113 Å². The predicted molar refractivity (Wildman–Crippen MR) is 66.4 cm³/mol. The van der Waals surface area contributed by atoms with Crippen molar-refractivity contribution in [3.8, 4) is 11.5 Å². The zero-order valence-corrected chi connectivity index (χ0v) is 10.8. The van der Waals surface area contributed by atoms with E-state index < -0.39 is 11.7 Å². The fourth-order valence-electron chi connectivity index (χ4n) is 1.75. The van der Waals surface area contributed by atoms with Crippen LogP contribution in [0, 0.1) is 0 Å². The van der Waals surface area contributed by atoms with Gasteiger partial charge in [-0.2, -0.15) is 18.3 Å². The molecular weight excluding hydrogens is 325 g/mol. The Morgan fingerprint density at radius 1 is 1.21 bits per heavy atom. The lowest BCUT2D eigenvalue weighted by atomic mass is 10.2. The fraction of sp³-hybridized carbons (Fsp3) is 0.0909. The van der Waals surface area contributed by atoms with Gasteiger partial charge in [0.05, 0.1) is 11.1 Å². The molecule has 8 heteroatoms. The van der Waals surface area contributed by atoms with Gasteiger partial charge in [-0.1, -0.05) is 0 Å². The summed E-state index contributed by atoms with van der Waals surface area (Å²) >= 11 is 3.11. The van der Waals surface area contributed by atoms with Gasteiger partial charge in [0.1, 0.15) is 11.2 Å². The molecule has 0 saturated heterocycles. The number of hydrogen-bond donors (Lipinski definition) is 2. The van der Waals surface area contributed by atoms with Gasteiger partial charge < -0.3 is 4.98 Å². The van der Waals surface area contributed by atoms with E-state index in [9.17, 15) is 13.2 Å². The summed E-state index contributed by atoms with van der Waals surface area (Å²) in [4.78, 5) is 7.08. The number of rotatable bonds is 1. The lowest BCUT2D eigenvalue weighted by molar-refractivity contribution is -0.137. The number of nitrogens with one attached hydrogen (secondary N) is 2. The van der Waals surface area contributed by atoms with Gasteiger partial charge in [0.25, 0.3) is 0 Å². The minimum atomic E-state index is -4.39. The zero-order chi connectivity index (χ0) is 13.6. The van der Waals surface area contributed by atoms with Crippen LogP contribution in [0.3, 0.4) is 0 Å². The fourth-order valence-corrected chi connectivity index (χ4v) is 2.30. The van der Waals surface area contributed by atoms with Crippen molar-refractivity contribution < 1.29 is 13.2 Å². The predicted octanol–water partition coefficient (Wildman–Crippen LogP) is 3.73. The number of imidazole rings is 1. The van der Waals surface area contributed by atoms with Crippen LogP contribution in [-0.4, -0.2) is 20.2 Å². The number of aromatic amines is 2. The maximum Gasteiger partial charge on any atom is 0.416 e. The van der Waals surface area contributed by atoms with Gasteiger partial charge in [-0.25, -0.2) is 4.98 Å². The molecule has 0 fully saturated rings. The standard InChI is InChI=1S/C11H6BrF3N4/c12-6-3-5(11(13,14)15)4-8-9(6)18-10(17-8)7-1-2-16-19-7/h1-4H,(H,16,19)(H,17,18). The van der Waals surface area contributed by atoms with Gasteiger partial charge in [0.15, 0.2) is 5.82 Å². The van der Waals surface area contributed by atoms with Crippen molar-refractivity contribution in [2.75, 3.05) is 0 Å². The monoisotopic (exact) mass is 330 g/mol. The number of benzene rings is 1. The molecular formula is C11H6BrF3N4. The molecule has 2 aromatic heterocycles. The average molecular weight is 331 g/mol. The molecule has 0 atom stereocenters. The highest BCUT2D eigenvalue weighted by molar-refractivity contribution is 9.10. The molecule has 98 valence electrons. The van der Waals surface area contributed by atoms with E-state index in [1.54, 1.807) is 12.3 Å². The van der Waals surface area contributed by atoms with Crippen molar-refractivity contribution >= 4 is 27.0 Å². The third kappa shape index (κ3) is 2.12. The number of halogens is 4. The van der Waals surface area contributed by atoms with Crippen LogP contribution in [0.25, 0.3) is 22.6 Å². The normalized spacial score (nSPS) is 12.2. The Bertz CT molecular complexity index is 730. The third-order valence-electron chi connectivity index (χ3n) is 2.62. The van der Waals surface area contributed by atoms with Gasteiger partial charge in [-0.15, -0.1) is 0 Å². The molecule has 4 nitrogen and oxygen atoms in total. The molecule has 1 aromatic carbocycles. The Balaban J connectivity index is 2.21. The van der Waals surface area contributed by atoms with E-state index in [0.29, 0.717) is 27.0 Å². The maximum atomic E-state index is 12.7. The number of hydrogen-bond acceptors (Lipinski definition) is 2. The summed E-state index contributed by atoms with van der Waals surface area (Å²) in [5, 5.41) is 6.47. The number of nitrogens with zero attached hydrogens (tertiary/aromatic N) is 2. The van der Waals surface area contributed by atoms with E-state index in [1.807, 2.05) is 0 Å². The number of H-pyrrole nitrogens is 2. The zero-order valence-electron chi connectivity index (χ0n) is 9.22. The molecule has 2 heterocycles. The van der Waals surface area contributed by atoms with Crippen molar-refractivity contribution in [2.24, 2.45) is 0 Å². The van der Waals surface area contributed by atoms with Crippen LogP contribution < -0.4 is 0 Å². The number of fused-ring (bicyclic) bond motifs is 1. The van der Waals surface area contributed by atoms with Crippen molar-refractivity contribution in [3.05, 3.63) is 34.4 Å². The Morgan fingerprint density at radius 2 is 2.00 bits per heavy atom. The highest BCUT2D eigenvalue weighted by Crippen LogP contribution is 2.35. The molecule has 2 N–H and O–H groups in total. The summed E-state index contributed by atoms with van der Waals surface area (Å²) in [5.74, 6) is 0.438. The highest BCUT2D eigenvalue weighted by Gasteiger charge is 2.31. The van der Waals surface area contributed by atoms with Crippen molar-refractivity contribution in [1.82, 2.24) is 20.2 Å². The van der Waals surface area contributed by atoms with Crippen LogP contribution in [0.4, 0.5) is 13.2 Å². The summed E-state index contributed by atoms with van der Waals surface area (Å²) < 4.78 is 38.4. The molecule has 3 aromatic rings. The summed E-state index contributed by atoms with van der Waals surface area (Å²) in [5.41, 5.74) is 0.632. The van der Waals surface area contributed by atoms with Gasteiger partial charge in [-0.05, 0) is 34.1 Å². The summed E-state index contributed by atoms with van der Waals surface area (Å²) in [6.07, 6.45) is -2.85. The van der Waals surface area contributed by atoms with E-state index in [1.165, 1.54) is 0 Å². The topological polar surface area (TPSA) is 57.4 Å². The van der Waals surface area contributed by atoms with E-state index in [4.69, 9.17) is 0 Å². The minimum absolute atomic E-state index is 0.291. The highest BCUT2D eigenvalue weighted by atomic mass is 79.9. The molecule has 0 radical (unpaired) electrons. The smallest absolute Gasteiger partial charge is 0.337 e. The van der Waals surface area contributed by atoms with Gasteiger partial charge in [0, 0.05) is 10.7 Å². The summed E-state index contributed by atoms with van der Waals surface area (Å²) in [6, 6.07) is 3.73. The van der Waals surface area contributed by atoms with E-state index in [2.05, 4.69) is 36.1 Å². The Morgan fingerprint density at radius 3 is 2.63 bits per heavy atom. The molecule has 0 aliphatic heterocycles. The van der Waals surface area contributed by atoms with E-state index >= 15 is 0 Å². The lowest BCUT2D eigenvalue weighted by Gasteiger charge is -2.06. The Hall–Kier alpha value is -1.83. The third-order valence-corrected chi connectivity index (χ3v) is 3.23. The van der Waals surface area contributed by atoms with Crippen molar-refractivity contribution in [3.63, 3.8) is 0 Å². The molecule has 19 heavy (non-hydrogen) atoms. The Kier molecular flexibility index (Phi) is 2.63. The van der Waals surface area contributed by atoms with Crippen LogP contribution in [-0.2, 0) is 6.18 Å². The first kappa shape index (κ1) is 12.2. The summed E-state index contributed by atoms with van der Waals surface area (Å²) in [7, 11) is 0. The second-order valence-electron chi connectivity index (χ2n) is 3.91. The number of alkyl halides is 3. The molecule has 0 aliphatic rings. The van der Waals surface area contributed by atoms with Crippen LogP contribution in [0.2, 0.25) is 0 Å². The van der Waals surface area contributed by atoms with Gasteiger partial charge in [0.2, 0.25) is 0 Å². The quantitative estimate of drug-likeness (QED) is 0.714. The molecule has 0 saturated carbocycles. The minimum Gasteiger partial charge on any atom is -0.337 e. The van der Waals surface area contributed by atoms with Gasteiger partial charge in [-0.3, -0.25) is 5.10 Å². The second kappa shape index (κ2) is 4.09. The first-order chi connectivity index (χ1) is 8.95.